The molecule has 0 radical (unpaired) electrons. The molecule has 1 aromatic carbocycles. The quantitative estimate of drug-likeness (QED) is 0.437. The van der Waals surface area contributed by atoms with E-state index in [1.165, 1.54) is 29.0 Å². The van der Waals surface area contributed by atoms with E-state index in [4.69, 9.17) is 8.83 Å². The van der Waals surface area contributed by atoms with Crippen LogP contribution in [-0.2, 0) is 11.3 Å². The summed E-state index contributed by atoms with van der Waals surface area (Å²) in [5.74, 6) is -0.584. The second-order valence-electron chi connectivity index (χ2n) is 7.64. The van der Waals surface area contributed by atoms with Crippen LogP contribution >= 0.6 is 0 Å². The zero-order valence-corrected chi connectivity index (χ0v) is 17.2. The zero-order chi connectivity index (χ0) is 22.7. The van der Waals surface area contributed by atoms with Crippen LogP contribution in [0.15, 0.2) is 50.2 Å². The molecule has 0 aliphatic carbocycles. The maximum absolute atomic E-state index is 12.3. The number of aromatic nitrogens is 1. The Morgan fingerprint density at radius 3 is 2.69 bits per heavy atom. The number of piperidine rings is 1. The topological polar surface area (TPSA) is 141 Å². The number of amides is 2. The number of furan rings is 1. The third-order valence-electron chi connectivity index (χ3n) is 5.53. The lowest BCUT2D eigenvalue weighted by molar-refractivity contribution is -0.384. The van der Waals surface area contributed by atoms with Crippen molar-refractivity contribution < 1.29 is 23.3 Å². The Morgan fingerprint density at radius 1 is 1.22 bits per heavy atom. The van der Waals surface area contributed by atoms with Gasteiger partial charge in [0.2, 0.25) is 5.91 Å². The predicted octanol–water partition coefficient (Wildman–Crippen LogP) is 2.30. The van der Waals surface area contributed by atoms with Gasteiger partial charge in [0.15, 0.2) is 11.3 Å². The number of aryl methyl sites for hydroxylation is 1. The van der Waals surface area contributed by atoms with E-state index in [1.54, 1.807) is 17.0 Å². The minimum absolute atomic E-state index is 0.0128. The fourth-order valence-corrected chi connectivity index (χ4v) is 3.86. The number of nitrogens with zero attached hydrogens (tertiary/aromatic N) is 3. The molecule has 0 bridgehead atoms. The summed E-state index contributed by atoms with van der Waals surface area (Å²) >= 11 is 0. The fourth-order valence-electron chi connectivity index (χ4n) is 3.86. The van der Waals surface area contributed by atoms with Crippen LogP contribution in [0.25, 0.3) is 11.1 Å². The van der Waals surface area contributed by atoms with Crippen LogP contribution in [0.4, 0.5) is 5.69 Å². The van der Waals surface area contributed by atoms with Gasteiger partial charge >= 0.3 is 5.76 Å². The van der Waals surface area contributed by atoms with E-state index < -0.39 is 10.7 Å². The lowest BCUT2D eigenvalue weighted by Crippen LogP contribution is -2.46. The summed E-state index contributed by atoms with van der Waals surface area (Å²) in [4.78, 5) is 48.7. The first-order valence-electron chi connectivity index (χ1n) is 10.3. The number of likely N-dealkylation sites (tertiary alicyclic amines) is 1. The first kappa shape index (κ1) is 21.3. The molecular weight excluding hydrogens is 420 g/mol. The Kier molecular flexibility index (Phi) is 6.06. The Balaban J connectivity index is 1.25. The molecule has 168 valence electrons. The van der Waals surface area contributed by atoms with E-state index in [1.807, 2.05) is 0 Å². The monoisotopic (exact) mass is 442 g/mol. The van der Waals surface area contributed by atoms with E-state index in [-0.39, 0.29) is 42.1 Å². The Labute approximate surface area is 181 Å². The van der Waals surface area contributed by atoms with Crippen LogP contribution in [0.1, 0.15) is 36.2 Å². The highest BCUT2D eigenvalue weighted by atomic mass is 16.6. The number of hydrogen-bond donors (Lipinski definition) is 1. The SMILES string of the molecule is O=C(CCCn1c(=O)oc2cc([N+](=O)[O-])ccc21)NC1CCN(C(=O)c2ccco2)CC1. The van der Waals surface area contributed by atoms with Crippen LogP contribution in [0.5, 0.6) is 0 Å². The molecule has 3 heterocycles. The van der Waals surface area contributed by atoms with Gasteiger partial charge in [0.05, 0.1) is 22.8 Å². The molecule has 2 amide bonds. The van der Waals surface area contributed by atoms with Gasteiger partial charge in [-0.2, -0.15) is 0 Å². The van der Waals surface area contributed by atoms with Gasteiger partial charge in [0.1, 0.15) is 0 Å². The Bertz CT molecular complexity index is 1190. The highest BCUT2D eigenvalue weighted by Crippen LogP contribution is 2.20. The van der Waals surface area contributed by atoms with Crippen LogP contribution in [-0.4, -0.2) is 45.3 Å². The van der Waals surface area contributed by atoms with Gasteiger partial charge in [-0.3, -0.25) is 24.3 Å². The van der Waals surface area contributed by atoms with E-state index in [0.717, 1.165) is 0 Å². The number of fused-ring (bicyclic) bond motifs is 1. The number of carbonyl (C=O) groups is 2. The van der Waals surface area contributed by atoms with Gasteiger partial charge in [-0.1, -0.05) is 0 Å². The van der Waals surface area contributed by atoms with Gasteiger partial charge in [-0.05, 0) is 37.5 Å². The highest BCUT2D eigenvalue weighted by Gasteiger charge is 2.25. The van der Waals surface area contributed by atoms with Crippen LogP contribution < -0.4 is 11.1 Å². The van der Waals surface area contributed by atoms with Crippen molar-refractivity contribution in [2.45, 2.75) is 38.3 Å². The number of carbonyl (C=O) groups excluding carboxylic acids is 2. The van der Waals surface area contributed by atoms with Crippen LogP contribution in [0.2, 0.25) is 0 Å². The van der Waals surface area contributed by atoms with Gasteiger partial charge < -0.3 is 19.1 Å². The number of hydrogen-bond acceptors (Lipinski definition) is 7. The molecule has 3 aromatic rings. The number of non-ortho nitro benzene ring substituents is 1. The molecule has 1 aliphatic rings. The van der Waals surface area contributed by atoms with Gasteiger partial charge in [-0.15, -0.1) is 0 Å². The number of rotatable bonds is 7. The van der Waals surface area contributed by atoms with Crippen molar-refractivity contribution in [2.24, 2.45) is 0 Å². The second kappa shape index (κ2) is 9.08. The molecule has 32 heavy (non-hydrogen) atoms. The predicted molar refractivity (Wildman–Crippen MR) is 112 cm³/mol. The minimum Gasteiger partial charge on any atom is -0.459 e. The molecule has 0 atom stereocenters. The second-order valence-corrected chi connectivity index (χ2v) is 7.64. The summed E-state index contributed by atoms with van der Waals surface area (Å²) < 4.78 is 11.6. The highest BCUT2D eigenvalue weighted by molar-refractivity contribution is 5.91. The average molecular weight is 442 g/mol. The molecule has 1 fully saturated rings. The van der Waals surface area contributed by atoms with Crippen molar-refractivity contribution in [3.05, 3.63) is 63.0 Å². The maximum atomic E-state index is 12.3. The number of nitro groups is 1. The third-order valence-corrected chi connectivity index (χ3v) is 5.53. The fraction of sp³-hybridized carbons (Fsp3) is 0.381. The summed E-state index contributed by atoms with van der Waals surface area (Å²) in [7, 11) is 0. The van der Waals surface area contributed by atoms with Crippen molar-refractivity contribution >= 4 is 28.6 Å². The number of oxazole rings is 1. The molecule has 4 rings (SSSR count). The summed E-state index contributed by atoms with van der Waals surface area (Å²) in [6, 6.07) is 7.28. The Morgan fingerprint density at radius 2 is 2.00 bits per heavy atom. The van der Waals surface area contributed by atoms with Crippen LogP contribution in [0, 0.1) is 10.1 Å². The molecule has 11 heteroatoms. The maximum Gasteiger partial charge on any atom is 0.419 e. The molecule has 2 aromatic heterocycles. The van der Waals surface area contributed by atoms with Crippen LogP contribution in [0.3, 0.4) is 0 Å². The summed E-state index contributed by atoms with van der Waals surface area (Å²) in [5, 5.41) is 13.8. The molecular formula is C21H22N4O7. The van der Waals surface area contributed by atoms with Crippen molar-refractivity contribution in [1.29, 1.82) is 0 Å². The van der Waals surface area contributed by atoms with Gasteiger partial charge in [-0.25, -0.2) is 4.79 Å². The Hall–Kier alpha value is -3.89. The smallest absolute Gasteiger partial charge is 0.419 e. The molecule has 0 saturated carbocycles. The molecule has 1 N–H and O–H groups in total. The molecule has 1 saturated heterocycles. The van der Waals surface area contributed by atoms with Crippen molar-refractivity contribution in [1.82, 2.24) is 14.8 Å². The van der Waals surface area contributed by atoms with E-state index in [2.05, 4.69) is 5.32 Å². The lowest BCUT2D eigenvalue weighted by atomic mass is 10.0. The first-order chi connectivity index (χ1) is 15.4. The van der Waals surface area contributed by atoms with E-state index in [0.29, 0.717) is 43.6 Å². The standard InChI is InChI=1S/C21H22N4O7/c26-19(22-14-7-10-23(11-8-14)20(27)17-3-2-12-31-17)4-1-9-24-16-6-5-15(25(29)30)13-18(16)32-21(24)28/h2-3,5-6,12-14H,1,4,7-11H2,(H,22,26). The largest absolute Gasteiger partial charge is 0.459 e. The molecule has 1 aliphatic heterocycles. The van der Waals surface area contributed by atoms with Crippen molar-refractivity contribution in [3.63, 3.8) is 0 Å². The van der Waals surface area contributed by atoms with E-state index in [9.17, 15) is 24.5 Å². The van der Waals surface area contributed by atoms with Gasteiger partial charge in [0.25, 0.3) is 11.6 Å². The first-order valence-corrected chi connectivity index (χ1v) is 10.3. The molecule has 0 unspecified atom stereocenters. The number of benzene rings is 1. The molecule has 11 nitrogen and oxygen atoms in total. The minimum atomic E-state index is -0.616. The number of nitro benzene ring substituents is 1. The zero-order valence-electron chi connectivity index (χ0n) is 17.2. The van der Waals surface area contributed by atoms with E-state index >= 15 is 0 Å². The number of nitrogens with one attached hydrogen (secondary N) is 1. The van der Waals surface area contributed by atoms with Gasteiger partial charge in [0, 0.05) is 38.2 Å². The summed E-state index contributed by atoms with van der Waals surface area (Å²) in [6.45, 7) is 1.33. The normalized spacial score (nSPS) is 14.6. The summed E-state index contributed by atoms with van der Waals surface area (Å²) in [5.41, 5.74) is 0.439. The summed E-state index contributed by atoms with van der Waals surface area (Å²) in [6.07, 6.45) is 3.40. The van der Waals surface area contributed by atoms with Crippen molar-refractivity contribution in [3.8, 4) is 0 Å². The van der Waals surface area contributed by atoms with Crippen molar-refractivity contribution in [2.75, 3.05) is 13.1 Å². The molecule has 0 spiro atoms. The average Bonchev–Trinajstić information content (AvgIpc) is 3.41. The lowest BCUT2D eigenvalue weighted by Gasteiger charge is -2.31. The third kappa shape index (κ3) is 4.56.